The number of nitrogens with one attached hydrogen (secondary N) is 1. The summed E-state index contributed by atoms with van der Waals surface area (Å²) in [6.45, 7) is 1.74. The predicted molar refractivity (Wildman–Crippen MR) is 71.7 cm³/mol. The van der Waals surface area contributed by atoms with Crippen molar-refractivity contribution < 1.29 is 9.90 Å². The van der Waals surface area contributed by atoms with Gasteiger partial charge in [0.05, 0.1) is 0 Å². The molecule has 0 radical (unpaired) electrons. The van der Waals surface area contributed by atoms with Crippen LogP contribution in [0.3, 0.4) is 0 Å². The molecule has 2 aromatic carbocycles. The second-order valence-electron chi connectivity index (χ2n) is 4.08. The minimum Gasteiger partial charge on any atom is -0.508 e. The fourth-order valence-corrected chi connectivity index (χ4v) is 1.62. The molecule has 0 unspecified atom stereocenters. The van der Waals surface area contributed by atoms with Gasteiger partial charge in [-0.15, -0.1) is 0 Å². The minimum atomic E-state index is -0.233. The number of carbonyl (C=O) groups is 1. The van der Waals surface area contributed by atoms with Crippen molar-refractivity contribution in [3.05, 3.63) is 53.6 Å². The second kappa shape index (κ2) is 4.79. The molecule has 4 heteroatoms. The summed E-state index contributed by atoms with van der Waals surface area (Å²) < 4.78 is 0. The zero-order valence-corrected chi connectivity index (χ0v) is 9.97. The van der Waals surface area contributed by atoms with Crippen LogP contribution in [0.25, 0.3) is 0 Å². The number of aryl methyl sites for hydroxylation is 1. The Labute approximate surface area is 105 Å². The van der Waals surface area contributed by atoms with E-state index in [1.807, 2.05) is 0 Å². The van der Waals surface area contributed by atoms with Gasteiger partial charge in [0.15, 0.2) is 0 Å². The van der Waals surface area contributed by atoms with Gasteiger partial charge < -0.3 is 16.2 Å². The predicted octanol–water partition coefficient (Wildman–Crippen LogP) is 2.54. The van der Waals surface area contributed by atoms with E-state index in [4.69, 9.17) is 5.73 Å². The lowest BCUT2D eigenvalue weighted by Gasteiger charge is -2.07. The Morgan fingerprint density at radius 1 is 1.22 bits per heavy atom. The van der Waals surface area contributed by atoms with Crippen LogP contribution in [0.15, 0.2) is 42.5 Å². The van der Waals surface area contributed by atoms with Gasteiger partial charge in [0.2, 0.25) is 0 Å². The number of nitrogens with two attached hydrogens (primary N) is 1. The van der Waals surface area contributed by atoms with Gasteiger partial charge in [-0.05, 0) is 48.9 Å². The SMILES string of the molecule is Cc1cc(C(=O)Nc2cccc(N)c2)ccc1O. The largest absolute Gasteiger partial charge is 0.508 e. The molecule has 0 aliphatic rings. The Balaban J connectivity index is 2.19. The average Bonchev–Trinajstić information content (AvgIpc) is 2.32. The smallest absolute Gasteiger partial charge is 0.255 e. The van der Waals surface area contributed by atoms with Gasteiger partial charge >= 0.3 is 0 Å². The van der Waals surface area contributed by atoms with Gasteiger partial charge in [-0.1, -0.05) is 6.07 Å². The number of benzene rings is 2. The van der Waals surface area contributed by atoms with Crippen molar-refractivity contribution in [2.75, 3.05) is 11.1 Å². The highest BCUT2D eigenvalue weighted by Crippen LogP contribution is 2.18. The summed E-state index contributed by atoms with van der Waals surface area (Å²) in [6.07, 6.45) is 0. The van der Waals surface area contributed by atoms with Gasteiger partial charge in [0.25, 0.3) is 5.91 Å². The summed E-state index contributed by atoms with van der Waals surface area (Å²) in [5.74, 6) is -0.0563. The highest BCUT2D eigenvalue weighted by atomic mass is 16.3. The van der Waals surface area contributed by atoms with E-state index in [1.54, 1.807) is 43.3 Å². The van der Waals surface area contributed by atoms with Crippen molar-refractivity contribution in [3.8, 4) is 5.75 Å². The number of hydrogen-bond donors (Lipinski definition) is 3. The first kappa shape index (κ1) is 12.0. The topological polar surface area (TPSA) is 75.4 Å². The Morgan fingerprint density at radius 2 is 2.00 bits per heavy atom. The van der Waals surface area contributed by atoms with E-state index in [2.05, 4.69) is 5.32 Å². The maximum atomic E-state index is 12.0. The lowest BCUT2D eigenvalue weighted by molar-refractivity contribution is 0.102. The third-order valence-corrected chi connectivity index (χ3v) is 2.60. The second-order valence-corrected chi connectivity index (χ2v) is 4.08. The van der Waals surface area contributed by atoms with Crippen molar-refractivity contribution >= 4 is 17.3 Å². The standard InChI is InChI=1S/C14H14N2O2/c1-9-7-10(5-6-13(9)17)14(18)16-12-4-2-3-11(15)8-12/h2-8,17H,15H2,1H3,(H,16,18). The Morgan fingerprint density at radius 3 is 2.67 bits per heavy atom. The van der Waals surface area contributed by atoms with Crippen molar-refractivity contribution in [1.29, 1.82) is 0 Å². The fourth-order valence-electron chi connectivity index (χ4n) is 1.62. The molecule has 0 bridgehead atoms. The number of anilines is 2. The van der Waals surface area contributed by atoms with Crippen LogP contribution in [0, 0.1) is 6.92 Å². The lowest BCUT2D eigenvalue weighted by atomic mass is 10.1. The molecule has 0 aliphatic carbocycles. The molecule has 4 nitrogen and oxygen atoms in total. The first-order valence-electron chi connectivity index (χ1n) is 5.53. The molecule has 0 saturated carbocycles. The number of hydrogen-bond acceptors (Lipinski definition) is 3. The average molecular weight is 242 g/mol. The third kappa shape index (κ3) is 2.60. The number of aromatic hydroxyl groups is 1. The summed E-state index contributed by atoms with van der Waals surface area (Å²) in [5.41, 5.74) is 8.02. The molecule has 0 aliphatic heterocycles. The van der Waals surface area contributed by atoms with Crippen LogP contribution in [0.1, 0.15) is 15.9 Å². The molecule has 92 valence electrons. The summed E-state index contributed by atoms with van der Waals surface area (Å²) in [5, 5.41) is 12.1. The van der Waals surface area contributed by atoms with E-state index < -0.39 is 0 Å². The van der Waals surface area contributed by atoms with Crippen LogP contribution >= 0.6 is 0 Å². The normalized spacial score (nSPS) is 10.1. The number of nitrogen functional groups attached to an aromatic ring is 1. The quantitative estimate of drug-likeness (QED) is 0.708. The van der Waals surface area contributed by atoms with Gasteiger partial charge in [-0.2, -0.15) is 0 Å². The minimum absolute atomic E-state index is 0.176. The molecule has 0 aromatic heterocycles. The van der Waals surface area contributed by atoms with Crippen LogP contribution < -0.4 is 11.1 Å². The van der Waals surface area contributed by atoms with E-state index in [-0.39, 0.29) is 11.7 Å². The molecule has 0 fully saturated rings. The maximum absolute atomic E-state index is 12.0. The van der Waals surface area contributed by atoms with Crippen molar-refractivity contribution in [2.24, 2.45) is 0 Å². The Bertz CT molecular complexity index is 594. The number of rotatable bonds is 2. The molecule has 18 heavy (non-hydrogen) atoms. The fraction of sp³-hybridized carbons (Fsp3) is 0.0714. The number of amides is 1. The van der Waals surface area contributed by atoms with Crippen molar-refractivity contribution in [3.63, 3.8) is 0 Å². The summed E-state index contributed by atoms with van der Waals surface area (Å²) in [4.78, 5) is 12.0. The highest BCUT2D eigenvalue weighted by Gasteiger charge is 2.07. The molecule has 2 aromatic rings. The number of carbonyl (C=O) groups excluding carboxylic acids is 1. The maximum Gasteiger partial charge on any atom is 0.255 e. The van der Waals surface area contributed by atoms with Crippen LogP contribution in [0.4, 0.5) is 11.4 Å². The van der Waals surface area contributed by atoms with E-state index in [1.165, 1.54) is 6.07 Å². The molecular formula is C14H14N2O2. The van der Waals surface area contributed by atoms with Gasteiger partial charge in [0.1, 0.15) is 5.75 Å². The van der Waals surface area contributed by atoms with E-state index in [0.29, 0.717) is 22.5 Å². The zero-order valence-electron chi connectivity index (χ0n) is 9.97. The van der Waals surface area contributed by atoms with E-state index >= 15 is 0 Å². The third-order valence-electron chi connectivity index (χ3n) is 2.60. The molecule has 4 N–H and O–H groups in total. The molecule has 0 atom stereocenters. The van der Waals surface area contributed by atoms with Crippen LogP contribution in [-0.2, 0) is 0 Å². The summed E-state index contributed by atoms with van der Waals surface area (Å²) in [6, 6.07) is 11.7. The number of phenolic OH excluding ortho intramolecular Hbond substituents is 1. The molecule has 0 spiro atoms. The lowest BCUT2D eigenvalue weighted by Crippen LogP contribution is -2.12. The van der Waals surface area contributed by atoms with E-state index in [9.17, 15) is 9.90 Å². The van der Waals surface area contributed by atoms with Gasteiger partial charge in [0, 0.05) is 16.9 Å². The van der Waals surface area contributed by atoms with Gasteiger partial charge in [-0.3, -0.25) is 4.79 Å². The molecule has 0 heterocycles. The number of phenols is 1. The monoisotopic (exact) mass is 242 g/mol. The van der Waals surface area contributed by atoms with Crippen LogP contribution in [0.2, 0.25) is 0 Å². The Hall–Kier alpha value is -2.49. The van der Waals surface area contributed by atoms with Crippen molar-refractivity contribution in [1.82, 2.24) is 0 Å². The summed E-state index contributed by atoms with van der Waals surface area (Å²) >= 11 is 0. The highest BCUT2D eigenvalue weighted by molar-refractivity contribution is 6.04. The van der Waals surface area contributed by atoms with Crippen LogP contribution in [-0.4, -0.2) is 11.0 Å². The molecule has 1 amide bonds. The molecule has 0 saturated heterocycles. The first-order valence-corrected chi connectivity index (χ1v) is 5.53. The van der Waals surface area contributed by atoms with Crippen molar-refractivity contribution in [2.45, 2.75) is 6.92 Å². The zero-order chi connectivity index (χ0) is 13.1. The molecule has 2 rings (SSSR count). The van der Waals surface area contributed by atoms with E-state index in [0.717, 1.165) is 0 Å². The summed E-state index contributed by atoms with van der Waals surface area (Å²) in [7, 11) is 0. The molecular weight excluding hydrogens is 228 g/mol. The van der Waals surface area contributed by atoms with Gasteiger partial charge in [-0.25, -0.2) is 0 Å². The Kier molecular flexibility index (Phi) is 3.19. The van der Waals surface area contributed by atoms with Crippen LogP contribution in [0.5, 0.6) is 5.75 Å². The first-order chi connectivity index (χ1) is 8.56.